The Kier molecular flexibility index (Phi) is 5.85. The summed E-state index contributed by atoms with van der Waals surface area (Å²) in [6.45, 7) is 9.29. The van der Waals surface area contributed by atoms with Crippen LogP contribution in [0.4, 0.5) is 0 Å². The van der Waals surface area contributed by atoms with E-state index in [4.69, 9.17) is 32.6 Å². The van der Waals surface area contributed by atoms with Gasteiger partial charge in [0.25, 0.3) is 8.32 Å². The van der Waals surface area contributed by atoms with Crippen LogP contribution in [-0.4, -0.2) is 45.7 Å². The maximum atomic E-state index is 6.74. The Hall–Kier alpha value is -4.89. The fraction of sp³-hybridized carbons (Fsp3) is 0.176. The van der Waals surface area contributed by atoms with E-state index in [9.17, 15) is 0 Å². The monoisotopic (exact) mass is 642 g/mol. The van der Waals surface area contributed by atoms with Gasteiger partial charge in [0.1, 0.15) is 41.3 Å². The van der Waals surface area contributed by atoms with Crippen LogP contribution in [0.3, 0.4) is 0 Å². The zero-order chi connectivity index (χ0) is 31.2. The number of aromatic nitrogens is 6. The largest absolute Gasteiger partial charge is 0.442 e. The number of hydrogen-bond acceptors (Lipinski definition) is 8. The van der Waals surface area contributed by atoms with E-state index >= 15 is 0 Å². The van der Waals surface area contributed by atoms with Crippen LogP contribution < -0.4 is 10.7 Å². The minimum absolute atomic E-state index is 0.189. The quantitative estimate of drug-likeness (QED) is 0.180. The predicted molar refractivity (Wildman–Crippen MR) is 181 cm³/mol. The third kappa shape index (κ3) is 4.29. The van der Waals surface area contributed by atoms with Crippen LogP contribution in [-0.2, 0) is 22.1 Å². The molecular weight excluding hydrogens is 613 g/mol. The van der Waals surface area contributed by atoms with E-state index in [0.29, 0.717) is 29.2 Å². The summed E-state index contributed by atoms with van der Waals surface area (Å²) in [6.07, 6.45) is 3.69. The molecule has 0 fully saturated rings. The molecule has 8 aromatic rings. The second-order valence-electron chi connectivity index (χ2n) is 12.7. The van der Waals surface area contributed by atoms with Crippen molar-refractivity contribution in [1.29, 1.82) is 0 Å². The Morgan fingerprint density at radius 2 is 1.26 bits per heavy atom. The van der Waals surface area contributed by atoms with Gasteiger partial charge in [-0.25, -0.2) is 19.9 Å². The summed E-state index contributed by atoms with van der Waals surface area (Å²) in [6, 6.07) is 24.7. The fourth-order valence-corrected chi connectivity index (χ4v) is 9.24. The molecule has 9 rings (SSSR count). The van der Waals surface area contributed by atoms with Crippen LogP contribution in [0.1, 0.15) is 11.5 Å². The summed E-state index contributed by atoms with van der Waals surface area (Å²) < 4.78 is 30.0. The second-order valence-corrected chi connectivity index (χ2v) is 20.4. The van der Waals surface area contributed by atoms with Crippen LogP contribution in [0, 0.1) is 0 Å². The van der Waals surface area contributed by atoms with Gasteiger partial charge in [-0.05, 0) is 85.5 Å². The lowest BCUT2D eigenvalue weighted by atomic mass is 10.2. The summed E-state index contributed by atoms with van der Waals surface area (Å²) in [4.78, 5) is 19.3. The maximum absolute atomic E-state index is 6.74. The van der Waals surface area contributed by atoms with Crippen LogP contribution in [0.5, 0.6) is 0 Å². The Balaban J connectivity index is 1.24. The number of rotatable bonds is 0. The van der Waals surface area contributed by atoms with Gasteiger partial charge in [0.05, 0.1) is 17.6 Å². The summed E-state index contributed by atoms with van der Waals surface area (Å²) in [5.41, 5.74) is 9.98. The van der Waals surface area contributed by atoms with Crippen molar-refractivity contribution in [2.75, 3.05) is 0 Å². The molecule has 1 aliphatic rings. The molecule has 10 nitrogen and oxygen atoms in total. The zero-order valence-corrected chi connectivity index (χ0v) is 27.8. The Morgan fingerprint density at radius 1 is 0.630 bits per heavy atom. The van der Waals surface area contributed by atoms with Gasteiger partial charge in [-0.3, -0.25) is 9.13 Å². The van der Waals surface area contributed by atoms with Crippen molar-refractivity contribution in [2.24, 2.45) is 0 Å². The molecule has 4 aromatic heterocycles. The second kappa shape index (κ2) is 9.81. The fourth-order valence-electron chi connectivity index (χ4n) is 6.21. The molecule has 228 valence electrons. The molecule has 4 aromatic carbocycles. The standard InChI is InChI=1S/C34H30N6O4Si2/c1-45(2)24-10-6-9-23(16-24)40-20-36-26-12-14-28-31(33(26)40)38-34(44-28)46(3,4)42-18-29-37-30-27(43-29)13-11-25-32(30)39(19-35-25)22-8-5-7-21(15-22)17-41-45/h5-16,19-20H,17-18H2,1-4H3. The Bertz CT molecular complexity index is 2470. The lowest BCUT2D eigenvalue weighted by molar-refractivity contribution is 0.260. The van der Waals surface area contributed by atoms with E-state index in [0.717, 1.165) is 50.0 Å². The molecule has 12 heteroatoms. The van der Waals surface area contributed by atoms with Crippen molar-refractivity contribution in [3.63, 3.8) is 0 Å². The number of fused-ring (bicyclic) bond motifs is 8. The maximum Gasteiger partial charge on any atom is 0.283 e. The molecule has 1 aliphatic heterocycles. The average Bonchev–Trinajstić information content (AvgIpc) is 3.86. The topological polar surface area (TPSA) is 106 Å². The van der Waals surface area contributed by atoms with Gasteiger partial charge < -0.3 is 17.7 Å². The van der Waals surface area contributed by atoms with Crippen molar-refractivity contribution in [3.05, 3.63) is 96.9 Å². The van der Waals surface area contributed by atoms with Gasteiger partial charge in [-0.2, -0.15) is 0 Å². The van der Waals surface area contributed by atoms with Gasteiger partial charge in [0, 0.05) is 11.4 Å². The number of benzene rings is 4. The SMILES string of the molecule is C[Si]1(C)OCc2cccc(c2)-n2cnc3ccc4oc(nc4c32)CO[Si](C)(C)c2nc3c(ccc4ncn(c43)-c3cccc1c3)o2. The van der Waals surface area contributed by atoms with Crippen molar-refractivity contribution in [2.45, 2.75) is 39.4 Å². The van der Waals surface area contributed by atoms with Crippen molar-refractivity contribution < 1.29 is 17.7 Å². The van der Waals surface area contributed by atoms with E-state index in [1.54, 1.807) is 0 Å². The molecule has 5 heterocycles. The number of nitrogens with zero attached hydrogens (tertiary/aromatic N) is 6. The molecule has 0 aliphatic carbocycles. The molecule has 0 atom stereocenters. The Labute approximate surface area is 265 Å². The first-order valence-electron chi connectivity index (χ1n) is 15.2. The predicted octanol–water partition coefficient (Wildman–Crippen LogP) is 6.22. The van der Waals surface area contributed by atoms with Crippen LogP contribution in [0.2, 0.25) is 26.2 Å². The molecule has 0 N–H and O–H groups in total. The molecule has 8 bridgehead atoms. The number of hydrogen-bond donors (Lipinski definition) is 0. The van der Waals surface area contributed by atoms with E-state index < -0.39 is 16.6 Å². The number of imidazole rings is 2. The third-order valence-electron chi connectivity index (χ3n) is 8.86. The molecule has 46 heavy (non-hydrogen) atoms. The molecule has 0 spiro atoms. The van der Waals surface area contributed by atoms with Gasteiger partial charge in [0.2, 0.25) is 14.2 Å². The van der Waals surface area contributed by atoms with E-state index in [1.165, 1.54) is 5.19 Å². The van der Waals surface area contributed by atoms with Gasteiger partial charge in [-0.1, -0.05) is 24.3 Å². The summed E-state index contributed by atoms with van der Waals surface area (Å²) in [5, 5.41) is 1.19. The minimum Gasteiger partial charge on any atom is -0.442 e. The van der Waals surface area contributed by atoms with E-state index in [-0.39, 0.29) is 6.61 Å². The summed E-state index contributed by atoms with van der Waals surface area (Å²) in [7, 11) is -4.95. The summed E-state index contributed by atoms with van der Waals surface area (Å²) >= 11 is 0. The highest BCUT2D eigenvalue weighted by atomic mass is 28.4. The highest BCUT2D eigenvalue weighted by molar-refractivity contribution is 6.84. The molecule has 0 saturated heterocycles. The van der Waals surface area contributed by atoms with Gasteiger partial charge >= 0.3 is 0 Å². The van der Waals surface area contributed by atoms with Crippen molar-refractivity contribution >= 4 is 71.6 Å². The van der Waals surface area contributed by atoms with Crippen LogP contribution in [0.15, 0.2) is 94.3 Å². The molecule has 0 radical (unpaired) electrons. The minimum atomic E-state index is -2.63. The normalized spacial score (nSPS) is 16.3. The van der Waals surface area contributed by atoms with Crippen molar-refractivity contribution in [1.82, 2.24) is 29.1 Å². The highest BCUT2D eigenvalue weighted by Gasteiger charge is 2.34. The number of oxazole rings is 2. The van der Waals surface area contributed by atoms with Crippen molar-refractivity contribution in [3.8, 4) is 11.4 Å². The van der Waals surface area contributed by atoms with Gasteiger partial charge in [0.15, 0.2) is 16.7 Å². The van der Waals surface area contributed by atoms with E-state index in [2.05, 4.69) is 88.8 Å². The average molecular weight is 643 g/mol. The lowest BCUT2D eigenvalue weighted by Crippen LogP contribution is -2.45. The zero-order valence-electron chi connectivity index (χ0n) is 25.8. The Morgan fingerprint density at radius 3 is 2.00 bits per heavy atom. The molecule has 0 unspecified atom stereocenters. The molecular formula is C34H30N6O4Si2. The first-order valence-corrected chi connectivity index (χ1v) is 21.1. The molecule has 0 amide bonds. The third-order valence-corrected chi connectivity index (χ3v) is 13.5. The first-order chi connectivity index (χ1) is 22.2. The smallest absolute Gasteiger partial charge is 0.283 e. The van der Waals surface area contributed by atoms with Crippen LogP contribution >= 0.6 is 0 Å². The summed E-state index contributed by atoms with van der Waals surface area (Å²) in [5.74, 6) is 0.490. The first kappa shape index (κ1) is 27.4. The van der Waals surface area contributed by atoms with E-state index in [1.807, 2.05) is 36.9 Å². The highest BCUT2D eigenvalue weighted by Crippen LogP contribution is 2.30. The van der Waals surface area contributed by atoms with Gasteiger partial charge in [-0.15, -0.1) is 0 Å². The lowest BCUT2D eigenvalue weighted by Gasteiger charge is -2.24. The molecule has 0 saturated carbocycles. The van der Waals surface area contributed by atoms with Crippen LogP contribution in [0.25, 0.3) is 55.6 Å².